The number of nitrogens with zero attached hydrogens (tertiary/aromatic N) is 1. The second kappa shape index (κ2) is 6.95. The number of esters is 1. The van der Waals surface area contributed by atoms with Crippen LogP contribution >= 0.6 is 23.2 Å². The minimum atomic E-state index is -0.789. The number of nitrogens with two attached hydrogens (primary N) is 1. The number of ether oxygens (including phenoxy) is 2. The summed E-state index contributed by atoms with van der Waals surface area (Å²) in [5.41, 5.74) is 6.63. The Labute approximate surface area is 143 Å². The van der Waals surface area contributed by atoms with Gasteiger partial charge >= 0.3 is 5.97 Å². The molecule has 0 saturated carbocycles. The van der Waals surface area contributed by atoms with Crippen LogP contribution in [0.25, 0.3) is 0 Å². The zero-order chi connectivity index (χ0) is 17.1. The van der Waals surface area contributed by atoms with Gasteiger partial charge in [0.05, 0.1) is 28.6 Å². The predicted molar refractivity (Wildman–Crippen MR) is 86.4 cm³/mol. The van der Waals surface area contributed by atoms with Crippen LogP contribution in [0.5, 0.6) is 0 Å². The summed E-state index contributed by atoms with van der Waals surface area (Å²) in [7, 11) is 1.26. The van der Waals surface area contributed by atoms with Crippen LogP contribution in [0.1, 0.15) is 24.8 Å². The fourth-order valence-electron chi connectivity index (χ4n) is 2.47. The quantitative estimate of drug-likeness (QED) is 0.839. The van der Waals surface area contributed by atoms with E-state index >= 15 is 0 Å². The third-order valence-electron chi connectivity index (χ3n) is 3.52. The zero-order valence-electron chi connectivity index (χ0n) is 12.5. The van der Waals surface area contributed by atoms with Crippen molar-refractivity contribution in [3.8, 4) is 6.07 Å². The summed E-state index contributed by atoms with van der Waals surface area (Å²) >= 11 is 12.3. The van der Waals surface area contributed by atoms with Gasteiger partial charge in [0.1, 0.15) is 17.4 Å². The Bertz CT molecular complexity index is 763. The molecule has 0 unspecified atom stereocenters. The second-order valence-electron chi connectivity index (χ2n) is 4.75. The fraction of sp³-hybridized carbons (Fsp3) is 0.250. The number of hydrogen-bond acceptors (Lipinski definition) is 5. The number of halogens is 2. The van der Waals surface area contributed by atoms with Crippen LogP contribution in [0.3, 0.4) is 0 Å². The van der Waals surface area contributed by atoms with E-state index in [1.807, 2.05) is 6.07 Å². The van der Waals surface area contributed by atoms with Crippen molar-refractivity contribution in [2.24, 2.45) is 5.73 Å². The molecule has 1 aromatic rings. The Hall–Kier alpha value is -2.16. The van der Waals surface area contributed by atoms with Crippen molar-refractivity contribution in [1.82, 2.24) is 0 Å². The normalized spacial score (nSPS) is 17.6. The lowest BCUT2D eigenvalue weighted by molar-refractivity contribution is -0.136. The van der Waals surface area contributed by atoms with E-state index in [4.69, 9.17) is 38.4 Å². The van der Waals surface area contributed by atoms with Crippen LogP contribution in [-0.4, -0.2) is 13.1 Å². The van der Waals surface area contributed by atoms with Crippen LogP contribution < -0.4 is 5.73 Å². The Balaban J connectivity index is 2.77. The molecular formula is C16H14Cl2N2O3. The highest BCUT2D eigenvalue weighted by atomic mass is 35.5. The molecule has 1 aliphatic heterocycles. The minimum Gasteiger partial charge on any atom is -0.466 e. The number of rotatable bonds is 3. The largest absolute Gasteiger partial charge is 0.466 e. The summed E-state index contributed by atoms with van der Waals surface area (Å²) in [5, 5.41) is 10.0. The minimum absolute atomic E-state index is 0.0574. The molecule has 0 fully saturated rings. The third kappa shape index (κ3) is 3.00. The van der Waals surface area contributed by atoms with Crippen molar-refractivity contribution in [2.45, 2.75) is 19.3 Å². The van der Waals surface area contributed by atoms with Crippen LogP contribution in [0.15, 0.2) is 41.0 Å². The lowest BCUT2D eigenvalue weighted by Gasteiger charge is -2.28. The van der Waals surface area contributed by atoms with Gasteiger partial charge in [-0.3, -0.25) is 0 Å². The molecule has 0 radical (unpaired) electrons. The molecule has 1 heterocycles. The average molecular weight is 353 g/mol. The van der Waals surface area contributed by atoms with Gasteiger partial charge in [-0.1, -0.05) is 42.3 Å². The van der Waals surface area contributed by atoms with Crippen molar-refractivity contribution in [2.75, 3.05) is 7.11 Å². The standard InChI is InChI=1S/C16H14Cl2N2O3/c1-3-11-13(16(21)22-2)12(9(7-19)15(20)23-11)8-5-4-6-10(17)14(8)18/h4-6,12H,3,20H2,1-2H3/t12-/m0/s1. The van der Waals surface area contributed by atoms with Gasteiger partial charge in [0.25, 0.3) is 0 Å². The van der Waals surface area contributed by atoms with Crippen molar-refractivity contribution in [3.63, 3.8) is 0 Å². The summed E-state index contributed by atoms with van der Waals surface area (Å²) < 4.78 is 10.3. The SMILES string of the molecule is CCC1=C(C(=O)OC)[C@@H](c2cccc(Cl)c2Cl)C(C#N)=C(N)O1. The molecule has 1 aromatic carbocycles. The Morgan fingerprint density at radius 3 is 2.74 bits per heavy atom. The second-order valence-corrected chi connectivity index (χ2v) is 5.54. The average Bonchev–Trinajstić information content (AvgIpc) is 2.55. The highest BCUT2D eigenvalue weighted by Crippen LogP contribution is 2.44. The summed E-state index contributed by atoms with van der Waals surface area (Å²) in [5.74, 6) is -1.11. The Kier molecular flexibility index (Phi) is 5.19. The summed E-state index contributed by atoms with van der Waals surface area (Å²) in [6.45, 7) is 1.81. The number of benzene rings is 1. The molecule has 0 bridgehead atoms. The van der Waals surface area contributed by atoms with Crippen molar-refractivity contribution in [1.29, 1.82) is 5.26 Å². The van der Waals surface area contributed by atoms with E-state index in [0.29, 0.717) is 22.8 Å². The van der Waals surface area contributed by atoms with E-state index in [-0.39, 0.29) is 22.1 Å². The Morgan fingerprint density at radius 1 is 1.48 bits per heavy atom. The molecule has 0 amide bonds. The molecule has 0 aliphatic carbocycles. The molecule has 2 N–H and O–H groups in total. The zero-order valence-corrected chi connectivity index (χ0v) is 14.0. The fourth-order valence-corrected chi connectivity index (χ4v) is 2.89. The first-order chi connectivity index (χ1) is 11.0. The van der Waals surface area contributed by atoms with Crippen LogP contribution in [0.4, 0.5) is 0 Å². The Morgan fingerprint density at radius 2 is 2.17 bits per heavy atom. The van der Waals surface area contributed by atoms with Crippen LogP contribution in [0.2, 0.25) is 10.0 Å². The topological polar surface area (TPSA) is 85.3 Å². The van der Waals surface area contributed by atoms with E-state index in [1.165, 1.54) is 7.11 Å². The maximum atomic E-state index is 12.3. The van der Waals surface area contributed by atoms with Crippen molar-refractivity contribution in [3.05, 3.63) is 56.6 Å². The van der Waals surface area contributed by atoms with E-state index in [1.54, 1.807) is 25.1 Å². The first kappa shape index (κ1) is 17.2. The molecule has 0 spiro atoms. The molecule has 120 valence electrons. The van der Waals surface area contributed by atoms with E-state index in [0.717, 1.165) is 0 Å². The number of carbonyl (C=O) groups excluding carboxylic acids is 1. The van der Waals surface area contributed by atoms with Crippen molar-refractivity contribution >= 4 is 29.2 Å². The van der Waals surface area contributed by atoms with Gasteiger partial charge in [-0.25, -0.2) is 4.79 Å². The third-order valence-corrected chi connectivity index (χ3v) is 4.35. The number of nitriles is 1. The smallest absolute Gasteiger partial charge is 0.338 e. The molecule has 0 saturated heterocycles. The molecule has 23 heavy (non-hydrogen) atoms. The van der Waals surface area contributed by atoms with Crippen molar-refractivity contribution < 1.29 is 14.3 Å². The summed E-state index contributed by atoms with van der Waals surface area (Å²) in [6.07, 6.45) is 0.401. The maximum absolute atomic E-state index is 12.3. The van der Waals surface area contributed by atoms with Crippen LogP contribution in [0, 0.1) is 11.3 Å². The number of methoxy groups -OCH3 is 1. The summed E-state index contributed by atoms with van der Waals surface area (Å²) in [4.78, 5) is 12.3. The maximum Gasteiger partial charge on any atom is 0.338 e. The van der Waals surface area contributed by atoms with Gasteiger partial charge in [0, 0.05) is 6.42 Å². The molecule has 5 nitrogen and oxygen atoms in total. The predicted octanol–water partition coefficient (Wildman–Crippen LogP) is 3.64. The lowest BCUT2D eigenvalue weighted by Crippen LogP contribution is -2.25. The molecule has 2 rings (SSSR count). The molecule has 1 atom stereocenters. The first-order valence-corrected chi connectivity index (χ1v) is 7.54. The van der Waals surface area contributed by atoms with Gasteiger partial charge < -0.3 is 15.2 Å². The molecule has 7 heteroatoms. The highest BCUT2D eigenvalue weighted by Gasteiger charge is 2.38. The molecule has 0 aromatic heterocycles. The first-order valence-electron chi connectivity index (χ1n) is 6.79. The number of carbonyl (C=O) groups is 1. The van der Waals surface area contributed by atoms with E-state index < -0.39 is 11.9 Å². The molecular weight excluding hydrogens is 339 g/mol. The monoisotopic (exact) mass is 352 g/mol. The molecule has 1 aliphatic rings. The van der Waals surface area contributed by atoms with Gasteiger partial charge in [0.15, 0.2) is 0 Å². The highest BCUT2D eigenvalue weighted by molar-refractivity contribution is 6.42. The van der Waals surface area contributed by atoms with Gasteiger partial charge in [-0.15, -0.1) is 0 Å². The summed E-state index contributed by atoms with van der Waals surface area (Å²) in [6, 6.07) is 6.98. The number of hydrogen-bond donors (Lipinski definition) is 1. The van der Waals surface area contributed by atoms with Gasteiger partial charge in [-0.05, 0) is 11.6 Å². The van der Waals surface area contributed by atoms with Gasteiger partial charge in [0.2, 0.25) is 5.88 Å². The van der Waals surface area contributed by atoms with E-state index in [2.05, 4.69) is 0 Å². The van der Waals surface area contributed by atoms with E-state index in [9.17, 15) is 10.1 Å². The number of allylic oxidation sites excluding steroid dienone is 2. The lowest BCUT2D eigenvalue weighted by atomic mass is 9.82. The van der Waals surface area contributed by atoms with Crippen LogP contribution in [-0.2, 0) is 14.3 Å². The van der Waals surface area contributed by atoms with Gasteiger partial charge in [-0.2, -0.15) is 5.26 Å².